The van der Waals surface area contributed by atoms with Crippen LogP contribution in [0, 0.1) is 11.3 Å². The van der Waals surface area contributed by atoms with E-state index in [0.29, 0.717) is 17.5 Å². The lowest BCUT2D eigenvalue weighted by Crippen LogP contribution is -2.40. The predicted octanol–water partition coefficient (Wildman–Crippen LogP) is 4.65. The number of piperidine rings is 1. The molecule has 1 saturated heterocycles. The van der Waals surface area contributed by atoms with Crippen LogP contribution < -0.4 is 10.5 Å². The highest BCUT2D eigenvalue weighted by Crippen LogP contribution is 2.35. The minimum absolute atomic E-state index is 0.00272. The molecule has 4 heterocycles. The predicted molar refractivity (Wildman–Crippen MR) is 133 cm³/mol. The molecule has 3 aromatic heterocycles. The van der Waals surface area contributed by atoms with Gasteiger partial charge in [0.15, 0.2) is 0 Å². The SMILES string of the molecule is N#Cc1ccc(N2CCC[C@@H](n3cnc4ccccc4c3=O)C2)c2cc(-c3cccnc3)[nH]c12. The number of benzene rings is 2. The van der Waals surface area contributed by atoms with Crippen molar-refractivity contribution < 1.29 is 0 Å². The molecule has 0 radical (unpaired) electrons. The number of pyridine rings is 1. The zero-order chi connectivity index (χ0) is 23.1. The van der Waals surface area contributed by atoms with E-state index >= 15 is 0 Å². The third-order valence-electron chi connectivity index (χ3n) is 6.68. The van der Waals surface area contributed by atoms with E-state index in [0.717, 1.165) is 52.8 Å². The zero-order valence-electron chi connectivity index (χ0n) is 18.5. The van der Waals surface area contributed by atoms with Crippen LogP contribution in [0.1, 0.15) is 24.4 Å². The number of nitriles is 1. The van der Waals surface area contributed by atoms with Crippen molar-refractivity contribution in [3.63, 3.8) is 0 Å². The third kappa shape index (κ3) is 3.32. The Morgan fingerprint density at radius 2 is 2.00 bits per heavy atom. The van der Waals surface area contributed by atoms with Gasteiger partial charge in [0.2, 0.25) is 0 Å². The van der Waals surface area contributed by atoms with Crippen LogP contribution in [0.2, 0.25) is 0 Å². The lowest BCUT2D eigenvalue weighted by molar-refractivity contribution is 0.395. The van der Waals surface area contributed by atoms with Gasteiger partial charge in [-0.15, -0.1) is 0 Å². The molecule has 1 aliphatic heterocycles. The van der Waals surface area contributed by atoms with E-state index < -0.39 is 0 Å². The molecular formula is C27H22N6O. The number of H-pyrrole nitrogens is 1. The number of nitrogens with zero attached hydrogens (tertiary/aromatic N) is 5. The van der Waals surface area contributed by atoms with E-state index in [1.165, 1.54) is 0 Å². The Kier molecular flexibility index (Phi) is 4.84. The highest BCUT2D eigenvalue weighted by atomic mass is 16.1. The summed E-state index contributed by atoms with van der Waals surface area (Å²) in [5.41, 5.74) is 5.12. The van der Waals surface area contributed by atoms with Gasteiger partial charge in [-0.3, -0.25) is 14.3 Å². The summed E-state index contributed by atoms with van der Waals surface area (Å²) in [6.07, 6.45) is 7.13. The van der Waals surface area contributed by atoms with E-state index in [2.05, 4.69) is 32.0 Å². The molecule has 7 heteroatoms. The Morgan fingerprint density at radius 1 is 1.09 bits per heavy atom. The molecule has 0 aliphatic carbocycles. The zero-order valence-corrected chi connectivity index (χ0v) is 18.5. The average molecular weight is 447 g/mol. The number of anilines is 1. The van der Waals surface area contributed by atoms with E-state index in [1.54, 1.807) is 17.1 Å². The molecule has 0 spiro atoms. The van der Waals surface area contributed by atoms with Crippen LogP contribution in [0.5, 0.6) is 0 Å². The first-order valence-corrected chi connectivity index (χ1v) is 11.4. The number of aromatic nitrogens is 4. The molecule has 7 nitrogen and oxygen atoms in total. The van der Waals surface area contributed by atoms with Gasteiger partial charge in [0.1, 0.15) is 6.07 Å². The molecule has 2 aromatic carbocycles. The quantitative estimate of drug-likeness (QED) is 0.436. The maximum atomic E-state index is 13.2. The number of aromatic amines is 1. The molecule has 0 saturated carbocycles. The third-order valence-corrected chi connectivity index (χ3v) is 6.68. The molecule has 34 heavy (non-hydrogen) atoms. The first-order valence-electron chi connectivity index (χ1n) is 11.4. The molecule has 5 aromatic rings. The smallest absolute Gasteiger partial charge is 0.261 e. The summed E-state index contributed by atoms with van der Waals surface area (Å²) >= 11 is 0. The average Bonchev–Trinajstić information content (AvgIpc) is 3.35. The molecular weight excluding hydrogens is 424 g/mol. The van der Waals surface area contributed by atoms with Gasteiger partial charge in [0.25, 0.3) is 5.56 Å². The fourth-order valence-corrected chi connectivity index (χ4v) is 4.99. The largest absolute Gasteiger partial charge is 0.369 e. The van der Waals surface area contributed by atoms with Gasteiger partial charge in [-0.1, -0.05) is 12.1 Å². The molecule has 1 fully saturated rings. The molecule has 1 aliphatic rings. The fraction of sp³-hybridized carbons (Fsp3) is 0.185. The monoisotopic (exact) mass is 446 g/mol. The number of hydrogen-bond donors (Lipinski definition) is 1. The maximum Gasteiger partial charge on any atom is 0.261 e. The van der Waals surface area contributed by atoms with Crippen molar-refractivity contribution in [1.82, 2.24) is 19.5 Å². The minimum atomic E-state index is 0.00272. The summed E-state index contributed by atoms with van der Waals surface area (Å²) in [4.78, 5) is 27.7. The van der Waals surface area contributed by atoms with Crippen molar-refractivity contribution in [2.75, 3.05) is 18.0 Å². The lowest BCUT2D eigenvalue weighted by atomic mass is 10.0. The lowest BCUT2D eigenvalue weighted by Gasteiger charge is -2.35. The molecule has 0 amide bonds. The van der Waals surface area contributed by atoms with Gasteiger partial charge in [0.05, 0.1) is 34.4 Å². The van der Waals surface area contributed by atoms with E-state index in [-0.39, 0.29) is 11.6 Å². The van der Waals surface area contributed by atoms with E-state index in [4.69, 9.17) is 0 Å². The number of nitrogens with one attached hydrogen (secondary N) is 1. The number of fused-ring (bicyclic) bond motifs is 2. The molecule has 1 atom stereocenters. The normalized spacial score (nSPS) is 16.1. The van der Waals surface area contributed by atoms with Gasteiger partial charge in [0, 0.05) is 47.8 Å². The second-order valence-electron chi connectivity index (χ2n) is 8.67. The van der Waals surface area contributed by atoms with Gasteiger partial charge in [-0.05, 0) is 55.3 Å². The van der Waals surface area contributed by atoms with Crippen molar-refractivity contribution in [2.45, 2.75) is 18.9 Å². The maximum absolute atomic E-state index is 13.2. The highest BCUT2D eigenvalue weighted by molar-refractivity contribution is 5.99. The van der Waals surface area contributed by atoms with Gasteiger partial charge >= 0.3 is 0 Å². The summed E-state index contributed by atoms with van der Waals surface area (Å²) in [5.74, 6) is 0. The van der Waals surface area contributed by atoms with Crippen LogP contribution in [0.15, 0.2) is 78.1 Å². The Hall–Kier alpha value is -4.44. The summed E-state index contributed by atoms with van der Waals surface area (Å²) in [5, 5.41) is 11.3. The van der Waals surface area contributed by atoms with Crippen molar-refractivity contribution in [1.29, 1.82) is 5.26 Å². The van der Waals surface area contributed by atoms with Crippen LogP contribution >= 0.6 is 0 Å². The molecule has 1 N–H and O–H groups in total. The van der Waals surface area contributed by atoms with Crippen molar-refractivity contribution >= 4 is 27.5 Å². The topological polar surface area (TPSA) is 90.6 Å². The molecule has 0 unspecified atom stereocenters. The number of hydrogen-bond acceptors (Lipinski definition) is 5. The molecule has 166 valence electrons. The summed E-state index contributed by atoms with van der Waals surface area (Å²) < 4.78 is 1.79. The van der Waals surface area contributed by atoms with Gasteiger partial charge in [-0.2, -0.15) is 5.26 Å². The number of para-hydroxylation sites is 1. The fourth-order valence-electron chi connectivity index (χ4n) is 4.99. The molecule has 0 bridgehead atoms. The van der Waals surface area contributed by atoms with Gasteiger partial charge in [-0.25, -0.2) is 4.98 Å². The summed E-state index contributed by atoms with van der Waals surface area (Å²) in [7, 11) is 0. The van der Waals surface area contributed by atoms with Gasteiger partial charge < -0.3 is 9.88 Å². The standard InChI is InChI=1S/C27H22N6O/c28-14-18-9-10-25(22-13-24(31-26(18)22)19-5-3-11-29-15-19)32-12-4-6-20(16-32)33-17-30-23-8-2-1-7-21(23)27(33)34/h1-3,5,7-11,13,15,17,20,31H,4,6,12,16H2/t20-/m1/s1. The number of rotatable bonds is 3. The highest BCUT2D eigenvalue weighted by Gasteiger charge is 2.25. The summed E-state index contributed by atoms with van der Waals surface area (Å²) in [6, 6.07) is 19.7. The van der Waals surface area contributed by atoms with E-state index in [9.17, 15) is 10.1 Å². The Labute approximate surface area is 195 Å². The first-order chi connectivity index (χ1) is 16.7. The second kappa shape index (κ2) is 8.16. The first kappa shape index (κ1) is 20.2. The van der Waals surface area contributed by atoms with Crippen molar-refractivity contribution in [3.05, 3.63) is 89.2 Å². The van der Waals surface area contributed by atoms with Crippen LogP contribution in [0.3, 0.4) is 0 Å². The van der Waals surface area contributed by atoms with Crippen LogP contribution in [-0.2, 0) is 0 Å². The Bertz CT molecular complexity index is 1610. The van der Waals surface area contributed by atoms with Crippen LogP contribution in [-0.4, -0.2) is 32.6 Å². The van der Waals surface area contributed by atoms with Crippen LogP contribution in [0.4, 0.5) is 5.69 Å². The second-order valence-corrected chi connectivity index (χ2v) is 8.67. The van der Waals surface area contributed by atoms with Crippen molar-refractivity contribution in [3.8, 4) is 17.3 Å². The minimum Gasteiger partial charge on any atom is -0.369 e. The Balaban J connectivity index is 1.40. The van der Waals surface area contributed by atoms with Crippen LogP contribution in [0.25, 0.3) is 33.1 Å². The molecule has 6 rings (SSSR count). The summed E-state index contributed by atoms with van der Waals surface area (Å²) in [6.45, 7) is 1.59. The Morgan fingerprint density at radius 3 is 2.85 bits per heavy atom. The van der Waals surface area contributed by atoms with Crippen molar-refractivity contribution in [2.24, 2.45) is 0 Å². The van der Waals surface area contributed by atoms with E-state index in [1.807, 2.05) is 54.7 Å².